The zero-order valence-electron chi connectivity index (χ0n) is 60.9. The Bertz CT molecular complexity index is 2500. The second-order valence-electron chi connectivity index (χ2n) is 29.4. The van der Waals surface area contributed by atoms with Crippen LogP contribution in [-0.4, -0.2) is 276 Å². The van der Waals surface area contributed by atoms with Gasteiger partial charge in [0.25, 0.3) is 5.91 Å². The van der Waals surface area contributed by atoms with Crippen LogP contribution in [0.25, 0.3) is 0 Å². The van der Waals surface area contributed by atoms with Crippen LogP contribution in [0, 0.1) is 47.3 Å². The second-order valence-corrected chi connectivity index (χ2v) is 29.4. The number of carbonyl (C=O) groups is 11. The molecule has 0 radical (unpaired) electrons. The van der Waals surface area contributed by atoms with E-state index in [1.807, 2.05) is 76.3 Å². The number of ether oxygens (including phenoxy) is 1. The van der Waals surface area contributed by atoms with Crippen LogP contribution in [0.15, 0.2) is 0 Å². The van der Waals surface area contributed by atoms with Crippen molar-refractivity contribution in [2.75, 3.05) is 88.6 Å². The van der Waals surface area contributed by atoms with E-state index in [0.717, 1.165) is 40.9 Å². The topological polar surface area (TPSA) is 312 Å². The van der Waals surface area contributed by atoms with Crippen molar-refractivity contribution in [3.8, 4) is 0 Å². The van der Waals surface area contributed by atoms with Crippen molar-refractivity contribution in [2.45, 2.75) is 229 Å². The van der Waals surface area contributed by atoms with Crippen LogP contribution >= 0.6 is 0 Å². The Morgan fingerprint density at radius 2 is 0.860 bits per heavy atom. The summed E-state index contributed by atoms with van der Waals surface area (Å²) in [5, 5.41) is 34.8. The minimum absolute atomic E-state index is 0.0827. The molecule has 0 aliphatic carbocycles. The molecule has 26 heteroatoms. The van der Waals surface area contributed by atoms with Gasteiger partial charge in [-0.2, -0.15) is 0 Å². The third kappa shape index (κ3) is 24.6. The molecule has 13 atom stereocenters. The lowest BCUT2D eigenvalue weighted by Gasteiger charge is -2.40. The molecule has 93 heavy (non-hydrogen) atoms. The quantitative estimate of drug-likeness (QED) is 0.107. The van der Waals surface area contributed by atoms with E-state index in [2.05, 4.69) is 31.1 Å². The number of nitrogens with zero attached hydrogens (tertiary/aromatic N) is 8. The normalized spacial score (nSPS) is 27.3. The fourth-order valence-electron chi connectivity index (χ4n) is 12.0. The first-order valence-electron chi connectivity index (χ1n) is 33.7. The highest BCUT2D eigenvalue weighted by Crippen LogP contribution is 2.25. The number of amides is 10. The maximum Gasteiger partial charge on any atom is 0.329 e. The van der Waals surface area contributed by atoms with Crippen molar-refractivity contribution < 1.29 is 67.7 Å². The Balaban J connectivity index is 3.03. The van der Waals surface area contributed by atoms with E-state index < -0.39 is 162 Å². The number of hydrogen-bond acceptors (Lipinski definition) is 16. The molecule has 2 rings (SSSR count). The van der Waals surface area contributed by atoms with Crippen molar-refractivity contribution in [2.24, 2.45) is 47.3 Å². The van der Waals surface area contributed by atoms with Gasteiger partial charge >= 0.3 is 5.97 Å². The molecule has 0 aromatic carbocycles. The highest BCUT2D eigenvalue weighted by Gasteiger charge is 2.46. The van der Waals surface area contributed by atoms with Crippen molar-refractivity contribution in [3.05, 3.63) is 0 Å². The molecule has 0 spiro atoms. The largest absolute Gasteiger partial charge is 0.450 e. The van der Waals surface area contributed by atoms with Crippen LogP contribution in [0.4, 0.5) is 0 Å². The summed E-state index contributed by atoms with van der Waals surface area (Å²) in [5.41, 5.74) is 0. The summed E-state index contributed by atoms with van der Waals surface area (Å²) in [7, 11) is 10.2. The van der Waals surface area contributed by atoms with E-state index in [9.17, 15) is 48.6 Å². The summed E-state index contributed by atoms with van der Waals surface area (Å²) < 4.78 is 5.92. The highest BCUT2D eigenvalue weighted by molar-refractivity contribution is 5.99. The first-order chi connectivity index (χ1) is 43.0. The third-order valence-electron chi connectivity index (χ3n) is 17.8. The van der Waals surface area contributed by atoms with Gasteiger partial charge in [-0.15, -0.1) is 0 Å². The molecule has 0 saturated carbocycles. The maximum atomic E-state index is 15.3. The van der Waals surface area contributed by atoms with Gasteiger partial charge in [0, 0.05) is 68.5 Å². The molecule has 26 nitrogen and oxygen atoms in total. The van der Waals surface area contributed by atoms with Gasteiger partial charge in [-0.05, 0) is 113 Å². The van der Waals surface area contributed by atoms with E-state index >= 15 is 14.4 Å². The number of cyclic esters (lactones) is 1. The van der Waals surface area contributed by atoms with Crippen LogP contribution in [0.2, 0.25) is 0 Å². The number of piperazine rings is 1. The number of likely N-dealkylation sites (N-methyl/N-ethyl adjacent to an activating group) is 7. The molecule has 2 saturated heterocycles. The third-order valence-corrected chi connectivity index (χ3v) is 17.8. The Morgan fingerprint density at radius 3 is 1.28 bits per heavy atom. The van der Waals surface area contributed by atoms with Gasteiger partial charge in [0.1, 0.15) is 54.4 Å². The lowest BCUT2D eigenvalue weighted by atomic mass is 9.91. The fraction of sp³-hybridized carbons (Fsp3) is 0.836. The van der Waals surface area contributed by atoms with Gasteiger partial charge in [0.2, 0.25) is 53.2 Å². The zero-order chi connectivity index (χ0) is 71.5. The lowest BCUT2D eigenvalue weighted by molar-refractivity contribution is -0.166. The molecule has 2 aliphatic rings. The van der Waals surface area contributed by atoms with Crippen LogP contribution in [-0.2, 0) is 57.5 Å². The molecule has 2 heterocycles. The van der Waals surface area contributed by atoms with Gasteiger partial charge < -0.3 is 75.4 Å². The van der Waals surface area contributed by atoms with Crippen LogP contribution in [0.3, 0.4) is 0 Å². The van der Waals surface area contributed by atoms with Crippen LogP contribution in [0.1, 0.15) is 156 Å². The van der Waals surface area contributed by atoms with E-state index in [4.69, 9.17) is 4.74 Å². The second kappa shape index (κ2) is 37.9. The van der Waals surface area contributed by atoms with Crippen molar-refractivity contribution in [3.63, 3.8) is 0 Å². The molecule has 2 aliphatic heterocycles. The maximum absolute atomic E-state index is 15.3. The zero-order valence-corrected chi connectivity index (χ0v) is 60.9. The Labute approximate surface area is 556 Å². The summed E-state index contributed by atoms with van der Waals surface area (Å²) >= 11 is 0. The summed E-state index contributed by atoms with van der Waals surface area (Å²) in [4.78, 5) is 173. The molecule has 0 aromatic rings. The molecule has 2 fully saturated rings. The Morgan fingerprint density at radius 1 is 0.452 bits per heavy atom. The smallest absolute Gasteiger partial charge is 0.329 e. The van der Waals surface area contributed by atoms with Gasteiger partial charge in [0.15, 0.2) is 6.10 Å². The number of carbonyl (C=O) groups excluding carboxylic acids is 11. The molecule has 10 amide bonds. The van der Waals surface area contributed by atoms with E-state index in [1.54, 1.807) is 34.6 Å². The Hall–Kier alpha value is -5.99. The lowest BCUT2D eigenvalue weighted by Crippen LogP contribution is -2.64. The van der Waals surface area contributed by atoms with Crippen LogP contribution in [0.5, 0.6) is 0 Å². The molecular formula is C67H122N12O14. The molecule has 0 aromatic heterocycles. The van der Waals surface area contributed by atoms with Crippen molar-refractivity contribution >= 4 is 65.0 Å². The first-order valence-corrected chi connectivity index (χ1v) is 33.7. The van der Waals surface area contributed by atoms with Gasteiger partial charge in [-0.1, -0.05) is 104 Å². The standard InChI is InChI=1S/C67H122N12O14/c1-37(2)31-47-62(87)75(21)50(34-40(7)8)58(83)68-45(16)67(92)93-57(43(13)14)66(91)76(22)51(35-41(9)10)60(85)70-48(32-38(3)4)63(88)77(23)54(42(11)12)65(90)78(24)55(56(82)44(15)25-26-79-29-27-72(18)28-30-79)61(86)71-53(46(17)80)64(89)73(19)36-52(81)74(20)49(33-39(5)6)59(84)69-47/h37-51,53-57,80,82H,25-36H2,1-24H3,(H,68,83)(H,69,84)(H,70,85)(H,71,86)/t44-,45+,46-,47+,48+,49+,50+,51+,53+,54+,55+,56-,57-/m1/s1. The number of aliphatic hydroxyl groups is 2. The summed E-state index contributed by atoms with van der Waals surface area (Å²) in [6.07, 6.45) is -3.73. The van der Waals surface area contributed by atoms with Gasteiger partial charge in [0.05, 0.1) is 18.8 Å². The fourth-order valence-corrected chi connectivity index (χ4v) is 12.0. The molecular weight excluding hydrogens is 1200 g/mol. The highest BCUT2D eigenvalue weighted by atomic mass is 16.6. The average Bonchev–Trinajstić information content (AvgIpc) is 0.837. The summed E-state index contributed by atoms with van der Waals surface area (Å²) in [6, 6.07) is -12.2. The van der Waals surface area contributed by atoms with Crippen LogP contribution < -0.4 is 21.3 Å². The minimum atomic E-state index is -1.75. The predicted octanol–water partition coefficient (Wildman–Crippen LogP) is 2.02. The number of hydrogen-bond donors (Lipinski definition) is 6. The summed E-state index contributed by atoms with van der Waals surface area (Å²) in [5.74, 6) is -11.5. The number of esters is 1. The molecule has 534 valence electrons. The van der Waals surface area contributed by atoms with Gasteiger partial charge in [-0.3, -0.25) is 47.9 Å². The van der Waals surface area contributed by atoms with Gasteiger partial charge in [-0.25, -0.2) is 4.79 Å². The minimum Gasteiger partial charge on any atom is -0.450 e. The first kappa shape index (κ1) is 83.1. The molecule has 6 N–H and O–H groups in total. The SMILES string of the molecule is CC(C)C[C@@H]1NC(=O)[C@H](CC(C)C)N(C)C(=O)[C@@H](C(C)C)OC(=O)[C@H](C)NC(=O)[C@H](CC(C)C)N(C)C(=O)[C@H](CC(C)C)NC(=O)[C@H](CC(C)C)N(C)C(=O)CN(C)C(=O)[C@H]([C@@H](C)O)NC(=O)[C@H]([C@H](O)[C@H](C)CCN2CCN(C)CC2)N(C)C(=O)[C@H](C(C)C)N(C)C1=O. The number of rotatable bonds is 18. The Kier molecular flexibility index (Phi) is 33.9. The van der Waals surface area contributed by atoms with E-state index in [-0.39, 0.29) is 61.7 Å². The number of aliphatic hydroxyl groups excluding tert-OH is 2. The van der Waals surface area contributed by atoms with E-state index in [1.165, 1.54) is 70.8 Å². The average molecular weight is 1320 g/mol. The molecule has 0 bridgehead atoms. The number of nitrogens with one attached hydrogen (secondary N) is 4. The summed E-state index contributed by atoms with van der Waals surface area (Å²) in [6.45, 7) is 32.7. The predicted molar refractivity (Wildman–Crippen MR) is 356 cm³/mol. The van der Waals surface area contributed by atoms with E-state index in [0.29, 0.717) is 13.0 Å². The molecule has 0 unspecified atom stereocenters. The van der Waals surface area contributed by atoms with Crippen molar-refractivity contribution in [1.82, 2.24) is 60.5 Å². The van der Waals surface area contributed by atoms with Crippen molar-refractivity contribution in [1.29, 1.82) is 0 Å². The monoisotopic (exact) mass is 1320 g/mol.